The highest BCUT2D eigenvalue weighted by Crippen LogP contribution is 2.20. The van der Waals surface area contributed by atoms with Gasteiger partial charge in [0.15, 0.2) is 5.78 Å². The van der Waals surface area contributed by atoms with E-state index in [4.69, 9.17) is 0 Å². The first-order valence-electron chi connectivity index (χ1n) is 9.59. The van der Waals surface area contributed by atoms with Crippen molar-refractivity contribution in [3.63, 3.8) is 0 Å². The monoisotopic (exact) mass is 438 g/mol. The van der Waals surface area contributed by atoms with Gasteiger partial charge >= 0.3 is 0 Å². The average Bonchev–Trinajstić information content (AvgIpc) is 3.23. The molecule has 3 rings (SSSR count). The molecule has 3 aromatic rings. The number of tetrazole rings is 1. The summed E-state index contributed by atoms with van der Waals surface area (Å²) in [4.78, 5) is 36.1. The molecule has 0 spiro atoms. The number of hydrogen-bond donors (Lipinski definition) is 2. The van der Waals surface area contributed by atoms with E-state index in [-0.39, 0.29) is 24.4 Å². The van der Waals surface area contributed by atoms with Crippen LogP contribution in [-0.4, -0.2) is 43.6 Å². The van der Waals surface area contributed by atoms with Crippen molar-refractivity contribution in [2.45, 2.75) is 31.8 Å². The molecular weight excluding hydrogens is 416 g/mol. The first-order chi connectivity index (χ1) is 14.9. The van der Waals surface area contributed by atoms with Crippen LogP contribution in [0.1, 0.15) is 34.3 Å². The summed E-state index contributed by atoms with van der Waals surface area (Å²) in [5.41, 5.74) is 8.09. The van der Waals surface area contributed by atoms with Gasteiger partial charge in [0.05, 0.1) is 11.4 Å². The molecule has 160 valence electrons. The fraction of sp³-hybridized carbons (Fsp3) is 0.238. The number of Topliss-reactive ketones (excluding diaryl/α,β-unsaturated/α-hetero) is 1. The molecule has 0 saturated carbocycles. The van der Waals surface area contributed by atoms with Crippen molar-refractivity contribution in [3.8, 4) is 5.69 Å². The Morgan fingerprint density at radius 1 is 0.935 bits per heavy atom. The van der Waals surface area contributed by atoms with Gasteiger partial charge in [-0.1, -0.05) is 59.8 Å². The Bertz CT molecular complexity index is 1080. The zero-order valence-corrected chi connectivity index (χ0v) is 18.0. The molecule has 31 heavy (non-hydrogen) atoms. The van der Waals surface area contributed by atoms with Crippen LogP contribution in [0.15, 0.2) is 53.7 Å². The molecule has 1 heterocycles. The van der Waals surface area contributed by atoms with Crippen LogP contribution in [-0.2, 0) is 9.59 Å². The molecular formula is C21H22N6O3S. The number of aryl methyl sites for hydroxylation is 2. The molecule has 0 saturated heterocycles. The highest BCUT2D eigenvalue weighted by Gasteiger charge is 2.14. The molecule has 2 amide bonds. The van der Waals surface area contributed by atoms with Crippen LogP contribution < -0.4 is 10.9 Å². The molecule has 9 nitrogen and oxygen atoms in total. The molecule has 0 aliphatic rings. The van der Waals surface area contributed by atoms with Gasteiger partial charge < -0.3 is 0 Å². The minimum absolute atomic E-state index is 0.00876. The second-order valence-corrected chi connectivity index (χ2v) is 7.78. The third-order valence-corrected chi connectivity index (χ3v) is 5.33. The molecule has 0 aliphatic heterocycles. The van der Waals surface area contributed by atoms with Crippen molar-refractivity contribution in [3.05, 3.63) is 65.2 Å². The van der Waals surface area contributed by atoms with Gasteiger partial charge in [0, 0.05) is 18.4 Å². The summed E-state index contributed by atoms with van der Waals surface area (Å²) in [7, 11) is 0. The number of ketones is 1. The van der Waals surface area contributed by atoms with Crippen molar-refractivity contribution in [2.24, 2.45) is 0 Å². The van der Waals surface area contributed by atoms with Crippen LogP contribution in [0, 0.1) is 13.8 Å². The summed E-state index contributed by atoms with van der Waals surface area (Å²) in [6.07, 6.45) is 0.0381. The fourth-order valence-corrected chi connectivity index (χ4v) is 3.38. The molecule has 10 heteroatoms. The van der Waals surface area contributed by atoms with Crippen molar-refractivity contribution in [1.82, 2.24) is 31.1 Å². The number of benzene rings is 2. The van der Waals surface area contributed by atoms with Crippen molar-refractivity contribution >= 4 is 29.4 Å². The van der Waals surface area contributed by atoms with Gasteiger partial charge in [0.25, 0.3) is 0 Å². The Hall–Kier alpha value is -3.53. The van der Waals surface area contributed by atoms with E-state index in [0.29, 0.717) is 10.7 Å². The lowest BCUT2D eigenvalue weighted by Gasteiger charge is -2.08. The van der Waals surface area contributed by atoms with Gasteiger partial charge in [-0.3, -0.25) is 25.2 Å². The van der Waals surface area contributed by atoms with E-state index in [0.717, 1.165) is 28.6 Å². The summed E-state index contributed by atoms with van der Waals surface area (Å²) in [6, 6.07) is 14.8. The first-order valence-corrected chi connectivity index (χ1v) is 10.6. The Morgan fingerprint density at radius 3 is 2.39 bits per heavy atom. The van der Waals surface area contributed by atoms with Gasteiger partial charge in [-0.15, -0.1) is 5.10 Å². The maximum Gasteiger partial charge on any atom is 0.248 e. The molecule has 0 atom stereocenters. The van der Waals surface area contributed by atoms with E-state index in [9.17, 15) is 14.4 Å². The number of carbonyl (C=O) groups is 3. The predicted octanol–water partition coefficient (Wildman–Crippen LogP) is 2.18. The standard InChI is InChI=1S/C21H22N6O3S/c1-14-7-9-16(10-8-14)18(28)11-12-19(29)22-23-20(30)13-31-21-24-25-26-27(21)17-6-4-3-5-15(17)2/h3-10H,11-13H2,1-2H3,(H,22,29)(H,23,30). The largest absolute Gasteiger partial charge is 0.294 e. The highest BCUT2D eigenvalue weighted by molar-refractivity contribution is 7.99. The Labute approximate surface area is 183 Å². The lowest BCUT2D eigenvalue weighted by molar-refractivity contribution is -0.127. The van der Waals surface area contributed by atoms with Crippen molar-refractivity contribution in [2.75, 3.05) is 5.75 Å². The molecule has 0 bridgehead atoms. The zero-order chi connectivity index (χ0) is 22.2. The predicted molar refractivity (Wildman–Crippen MR) is 116 cm³/mol. The molecule has 2 aromatic carbocycles. The second kappa shape index (κ2) is 10.5. The third-order valence-electron chi connectivity index (χ3n) is 4.41. The van der Waals surface area contributed by atoms with Crippen LogP contribution >= 0.6 is 11.8 Å². The summed E-state index contributed by atoms with van der Waals surface area (Å²) < 4.78 is 1.56. The SMILES string of the molecule is Cc1ccc(C(=O)CCC(=O)NNC(=O)CSc2nnnn2-c2ccccc2C)cc1. The van der Waals surface area contributed by atoms with Gasteiger partial charge in [0.2, 0.25) is 17.0 Å². The summed E-state index contributed by atoms with van der Waals surface area (Å²) in [5, 5.41) is 12.0. The summed E-state index contributed by atoms with van der Waals surface area (Å²) >= 11 is 1.14. The number of aromatic nitrogens is 4. The normalized spacial score (nSPS) is 10.5. The Morgan fingerprint density at radius 2 is 1.65 bits per heavy atom. The number of nitrogens with one attached hydrogen (secondary N) is 2. The van der Waals surface area contributed by atoms with Crippen LogP contribution in [0.25, 0.3) is 5.69 Å². The number of para-hydroxylation sites is 1. The number of carbonyl (C=O) groups excluding carboxylic acids is 3. The quantitative estimate of drug-likeness (QED) is 0.314. The van der Waals surface area contributed by atoms with Gasteiger partial charge in [-0.05, 0) is 35.9 Å². The van der Waals surface area contributed by atoms with E-state index in [2.05, 4.69) is 26.4 Å². The maximum absolute atomic E-state index is 12.1. The van der Waals surface area contributed by atoms with E-state index < -0.39 is 11.8 Å². The number of thioether (sulfide) groups is 1. The van der Waals surface area contributed by atoms with Gasteiger partial charge in [-0.25, -0.2) is 0 Å². The fourth-order valence-electron chi connectivity index (χ4n) is 2.70. The highest BCUT2D eigenvalue weighted by atomic mass is 32.2. The van der Waals surface area contributed by atoms with Crippen LogP contribution in [0.3, 0.4) is 0 Å². The van der Waals surface area contributed by atoms with Crippen LogP contribution in [0.4, 0.5) is 0 Å². The number of hydrogen-bond acceptors (Lipinski definition) is 7. The number of amides is 2. The topological polar surface area (TPSA) is 119 Å². The number of hydrazine groups is 1. The minimum Gasteiger partial charge on any atom is -0.294 e. The van der Waals surface area contributed by atoms with Gasteiger partial charge in [-0.2, -0.15) is 4.68 Å². The third kappa shape index (κ3) is 6.22. The first kappa shape index (κ1) is 22.2. The van der Waals surface area contributed by atoms with Crippen LogP contribution in [0.2, 0.25) is 0 Å². The number of rotatable bonds is 8. The second-order valence-electron chi connectivity index (χ2n) is 6.83. The lowest BCUT2D eigenvalue weighted by Crippen LogP contribution is -2.42. The van der Waals surface area contributed by atoms with Crippen molar-refractivity contribution in [1.29, 1.82) is 0 Å². The molecule has 0 radical (unpaired) electrons. The molecule has 0 aliphatic carbocycles. The van der Waals surface area contributed by atoms with Gasteiger partial charge in [0.1, 0.15) is 0 Å². The summed E-state index contributed by atoms with van der Waals surface area (Å²) in [5.74, 6) is -0.972. The minimum atomic E-state index is -0.441. The smallest absolute Gasteiger partial charge is 0.248 e. The van der Waals surface area contributed by atoms with Crippen molar-refractivity contribution < 1.29 is 14.4 Å². The van der Waals surface area contributed by atoms with E-state index in [1.54, 1.807) is 16.8 Å². The molecule has 1 aromatic heterocycles. The summed E-state index contributed by atoms with van der Waals surface area (Å²) in [6.45, 7) is 3.88. The van der Waals surface area contributed by atoms with E-state index >= 15 is 0 Å². The Balaban J connectivity index is 1.42. The Kier molecular flexibility index (Phi) is 7.50. The molecule has 0 fully saturated rings. The average molecular weight is 439 g/mol. The number of nitrogens with zero attached hydrogens (tertiary/aromatic N) is 4. The molecule has 0 unspecified atom stereocenters. The van der Waals surface area contributed by atoms with Crippen LogP contribution in [0.5, 0.6) is 0 Å². The zero-order valence-electron chi connectivity index (χ0n) is 17.2. The lowest BCUT2D eigenvalue weighted by atomic mass is 10.1. The maximum atomic E-state index is 12.1. The molecule has 2 N–H and O–H groups in total. The van der Waals surface area contributed by atoms with E-state index in [1.807, 2.05) is 50.2 Å². The van der Waals surface area contributed by atoms with E-state index in [1.165, 1.54) is 0 Å².